The molecule has 0 aromatic carbocycles. The van der Waals surface area contributed by atoms with Gasteiger partial charge in [-0.25, -0.2) is 8.42 Å². The second kappa shape index (κ2) is 4.23. The summed E-state index contributed by atoms with van der Waals surface area (Å²) in [5.41, 5.74) is 0. The molecule has 2 atom stereocenters. The number of thioether (sulfide) groups is 1. The summed E-state index contributed by atoms with van der Waals surface area (Å²) in [6.07, 6.45) is 1.90. The topological polar surface area (TPSA) is 66.8 Å². The molecule has 1 saturated carbocycles. The fourth-order valence-corrected chi connectivity index (χ4v) is 6.54. The van der Waals surface area contributed by atoms with E-state index in [1.54, 1.807) is 0 Å². The number of carbonyl (C=O) groups excluding carboxylic acids is 1. The van der Waals surface area contributed by atoms with Gasteiger partial charge in [-0.15, -0.1) is 0 Å². The molecule has 0 radical (unpaired) electrons. The third kappa shape index (κ3) is 2.18. The van der Waals surface area contributed by atoms with Gasteiger partial charge in [-0.1, -0.05) is 11.8 Å². The molecule has 100 valence electrons. The molecular formula is C11H16N2O3S2. The van der Waals surface area contributed by atoms with Gasteiger partial charge in [0, 0.05) is 17.7 Å². The fourth-order valence-electron chi connectivity index (χ4n) is 2.52. The highest BCUT2D eigenvalue weighted by atomic mass is 32.2. The quantitative estimate of drug-likeness (QED) is 0.741. The monoisotopic (exact) mass is 288 g/mol. The van der Waals surface area contributed by atoms with E-state index >= 15 is 0 Å². The Kier molecular flexibility index (Phi) is 2.93. The Labute approximate surface area is 111 Å². The second-order valence-corrected chi connectivity index (χ2v) is 8.45. The van der Waals surface area contributed by atoms with Crippen LogP contribution in [0.1, 0.15) is 19.8 Å². The van der Waals surface area contributed by atoms with E-state index in [4.69, 9.17) is 0 Å². The van der Waals surface area contributed by atoms with E-state index in [1.165, 1.54) is 11.8 Å². The van der Waals surface area contributed by atoms with Crippen molar-refractivity contribution in [3.8, 4) is 0 Å². The van der Waals surface area contributed by atoms with Gasteiger partial charge in [0.1, 0.15) is 0 Å². The second-order valence-electron chi connectivity index (χ2n) is 5.09. The zero-order chi connectivity index (χ0) is 12.9. The van der Waals surface area contributed by atoms with Crippen molar-refractivity contribution in [3.05, 3.63) is 0 Å². The molecule has 0 bridgehead atoms. The van der Waals surface area contributed by atoms with Gasteiger partial charge >= 0.3 is 0 Å². The minimum atomic E-state index is -2.91. The van der Waals surface area contributed by atoms with E-state index in [9.17, 15) is 13.2 Å². The first-order chi connectivity index (χ1) is 8.50. The van der Waals surface area contributed by atoms with E-state index in [2.05, 4.69) is 4.99 Å². The lowest BCUT2D eigenvalue weighted by Gasteiger charge is -2.22. The average Bonchev–Trinajstić information content (AvgIpc) is 3.01. The Morgan fingerprint density at radius 2 is 2.17 bits per heavy atom. The van der Waals surface area contributed by atoms with Crippen LogP contribution in [0.4, 0.5) is 0 Å². The highest BCUT2D eigenvalue weighted by molar-refractivity contribution is 8.15. The molecule has 0 spiro atoms. The summed E-state index contributed by atoms with van der Waals surface area (Å²) in [7, 11) is -2.91. The first kappa shape index (κ1) is 12.5. The maximum Gasteiger partial charge on any atom is 0.251 e. The van der Waals surface area contributed by atoms with Crippen LogP contribution in [0.2, 0.25) is 0 Å². The zero-order valence-corrected chi connectivity index (χ0v) is 11.8. The van der Waals surface area contributed by atoms with E-state index in [0.29, 0.717) is 6.54 Å². The van der Waals surface area contributed by atoms with Crippen molar-refractivity contribution in [2.75, 3.05) is 18.1 Å². The number of amidine groups is 1. The van der Waals surface area contributed by atoms with E-state index < -0.39 is 9.84 Å². The van der Waals surface area contributed by atoms with E-state index in [0.717, 1.165) is 18.0 Å². The maximum absolute atomic E-state index is 11.7. The minimum Gasteiger partial charge on any atom is -0.346 e. The average molecular weight is 288 g/mol. The number of nitrogens with zero attached hydrogens (tertiary/aromatic N) is 2. The lowest BCUT2D eigenvalue weighted by atomic mass is 10.2. The van der Waals surface area contributed by atoms with Gasteiger partial charge in [-0.05, 0) is 19.8 Å². The lowest BCUT2D eigenvalue weighted by Crippen LogP contribution is -2.37. The van der Waals surface area contributed by atoms with Gasteiger partial charge < -0.3 is 4.90 Å². The molecular weight excluding hydrogens is 272 g/mol. The molecule has 2 aliphatic heterocycles. The molecule has 3 aliphatic rings. The molecule has 3 rings (SSSR count). The molecule has 0 aromatic rings. The predicted octanol–water partition coefficient (Wildman–Crippen LogP) is 0.513. The largest absolute Gasteiger partial charge is 0.346 e. The minimum absolute atomic E-state index is 0.00996. The number of amides is 1. The highest BCUT2D eigenvalue weighted by Gasteiger charge is 2.48. The maximum atomic E-state index is 11.7. The summed E-state index contributed by atoms with van der Waals surface area (Å²) in [6, 6.07) is 0.00996. The summed E-state index contributed by atoms with van der Waals surface area (Å²) >= 11 is 1.47. The summed E-state index contributed by atoms with van der Waals surface area (Å²) < 4.78 is 23.2. The van der Waals surface area contributed by atoms with Crippen molar-refractivity contribution in [1.29, 1.82) is 0 Å². The Balaban J connectivity index is 1.81. The Morgan fingerprint density at radius 1 is 1.44 bits per heavy atom. The molecule has 2 saturated heterocycles. The SMILES string of the molecule is CCN1C(=NC(=O)C2CC2)S[C@H]2CS(=O)(=O)C[C@H]21. The van der Waals surface area contributed by atoms with E-state index in [-0.39, 0.29) is 34.6 Å². The Bertz CT molecular complexity index is 510. The van der Waals surface area contributed by atoms with E-state index in [1.807, 2.05) is 11.8 Å². The van der Waals surface area contributed by atoms with Crippen LogP contribution >= 0.6 is 11.8 Å². The van der Waals surface area contributed by atoms with Crippen molar-refractivity contribution < 1.29 is 13.2 Å². The van der Waals surface area contributed by atoms with Crippen LogP contribution in [-0.2, 0) is 14.6 Å². The van der Waals surface area contributed by atoms with Gasteiger partial charge in [0.25, 0.3) is 5.91 Å². The summed E-state index contributed by atoms with van der Waals surface area (Å²) in [6.45, 7) is 2.69. The van der Waals surface area contributed by atoms with Gasteiger partial charge in [-0.3, -0.25) is 4.79 Å². The molecule has 18 heavy (non-hydrogen) atoms. The molecule has 0 aromatic heterocycles. The number of hydrogen-bond donors (Lipinski definition) is 0. The molecule has 2 heterocycles. The van der Waals surface area contributed by atoms with Crippen molar-refractivity contribution in [2.45, 2.75) is 31.1 Å². The number of carbonyl (C=O) groups is 1. The molecule has 0 N–H and O–H groups in total. The number of sulfone groups is 1. The molecule has 1 aliphatic carbocycles. The number of fused-ring (bicyclic) bond motifs is 1. The Hall–Kier alpha value is -0.560. The van der Waals surface area contributed by atoms with Crippen LogP contribution in [0.3, 0.4) is 0 Å². The predicted molar refractivity (Wildman–Crippen MR) is 71.4 cm³/mol. The van der Waals surface area contributed by atoms with Crippen LogP contribution in [0.25, 0.3) is 0 Å². The van der Waals surface area contributed by atoms with Crippen molar-refractivity contribution in [2.24, 2.45) is 10.9 Å². The van der Waals surface area contributed by atoms with Crippen molar-refractivity contribution in [3.63, 3.8) is 0 Å². The normalized spacial score (nSPS) is 36.1. The van der Waals surface area contributed by atoms with Crippen LogP contribution in [0, 0.1) is 5.92 Å². The number of aliphatic imine (C=N–C) groups is 1. The standard InChI is InChI=1S/C11H16N2O3S2/c1-2-13-8-5-18(15,16)6-9(8)17-11(13)12-10(14)7-3-4-7/h7-9H,2-6H2,1H3/t8-,9+/m1/s1. The summed E-state index contributed by atoms with van der Waals surface area (Å²) in [4.78, 5) is 17.9. The molecule has 5 nitrogen and oxygen atoms in total. The van der Waals surface area contributed by atoms with Gasteiger partial charge in [0.2, 0.25) is 0 Å². The molecule has 1 amide bonds. The molecule has 3 fully saturated rings. The first-order valence-corrected chi connectivity index (χ1v) is 8.96. The van der Waals surface area contributed by atoms with Crippen LogP contribution in [0.5, 0.6) is 0 Å². The van der Waals surface area contributed by atoms with Gasteiger partial charge in [0.05, 0.1) is 17.5 Å². The van der Waals surface area contributed by atoms with Gasteiger partial charge in [0.15, 0.2) is 15.0 Å². The van der Waals surface area contributed by atoms with Crippen LogP contribution < -0.4 is 0 Å². The van der Waals surface area contributed by atoms with Crippen molar-refractivity contribution >= 4 is 32.7 Å². The molecule has 0 unspecified atom stereocenters. The first-order valence-electron chi connectivity index (χ1n) is 6.26. The van der Waals surface area contributed by atoms with Crippen LogP contribution in [0.15, 0.2) is 4.99 Å². The summed E-state index contributed by atoms with van der Waals surface area (Å²) in [5, 5.41) is 0.792. The summed E-state index contributed by atoms with van der Waals surface area (Å²) in [5.74, 6) is 0.518. The highest BCUT2D eigenvalue weighted by Crippen LogP contribution is 2.39. The van der Waals surface area contributed by atoms with Gasteiger partial charge in [-0.2, -0.15) is 4.99 Å². The van der Waals surface area contributed by atoms with Crippen LogP contribution in [-0.4, -0.2) is 53.7 Å². The smallest absolute Gasteiger partial charge is 0.251 e. The zero-order valence-electron chi connectivity index (χ0n) is 10.2. The lowest BCUT2D eigenvalue weighted by molar-refractivity contribution is -0.118. The van der Waals surface area contributed by atoms with Crippen molar-refractivity contribution in [1.82, 2.24) is 4.90 Å². The number of rotatable bonds is 2. The Morgan fingerprint density at radius 3 is 2.78 bits per heavy atom. The molecule has 7 heteroatoms. The fraction of sp³-hybridized carbons (Fsp3) is 0.818. The number of hydrogen-bond acceptors (Lipinski definition) is 4. The third-order valence-electron chi connectivity index (χ3n) is 3.65. The third-order valence-corrected chi connectivity index (χ3v) is 6.90.